The van der Waals surface area contributed by atoms with E-state index in [1.165, 1.54) is 41.5 Å². The maximum absolute atomic E-state index is 5.97. The van der Waals surface area contributed by atoms with Crippen molar-refractivity contribution in [2.24, 2.45) is 11.8 Å². The molecular weight excluding hydrogens is 458 g/mol. The summed E-state index contributed by atoms with van der Waals surface area (Å²) in [7, 11) is 0. The summed E-state index contributed by atoms with van der Waals surface area (Å²) in [4.78, 5) is 7.60. The molecular formula is C31H33N5O. The van der Waals surface area contributed by atoms with Gasteiger partial charge in [0.2, 0.25) is 0 Å². The minimum Gasteiger partial charge on any atom is -0.366 e. The second kappa shape index (κ2) is 9.43. The number of aromatic amines is 1. The third kappa shape index (κ3) is 4.67. The highest BCUT2D eigenvalue weighted by atomic mass is 16.5. The van der Waals surface area contributed by atoms with Gasteiger partial charge in [0.1, 0.15) is 5.82 Å². The molecule has 2 aromatic heterocycles. The van der Waals surface area contributed by atoms with Crippen LogP contribution in [-0.2, 0) is 11.3 Å². The van der Waals surface area contributed by atoms with Gasteiger partial charge < -0.3 is 9.30 Å². The van der Waals surface area contributed by atoms with Crippen molar-refractivity contribution in [1.29, 1.82) is 0 Å². The third-order valence-corrected chi connectivity index (χ3v) is 7.96. The van der Waals surface area contributed by atoms with Crippen molar-refractivity contribution < 1.29 is 4.74 Å². The van der Waals surface area contributed by atoms with Gasteiger partial charge in [-0.2, -0.15) is 5.10 Å². The zero-order valence-electron chi connectivity index (χ0n) is 21.4. The van der Waals surface area contributed by atoms with Crippen LogP contribution >= 0.6 is 0 Å². The van der Waals surface area contributed by atoms with Crippen LogP contribution in [0.2, 0.25) is 0 Å². The molecule has 1 unspecified atom stereocenters. The van der Waals surface area contributed by atoms with E-state index in [1.807, 2.05) is 6.20 Å². The van der Waals surface area contributed by atoms with Gasteiger partial charge in [-0.05, 0) is 72.9 Å². The second-order valence-electron chi connectivity index (χ2n) is 11.0. The Morgan fingerprint density at radius 2 is 1.76 bits per heavy atom. The first-order valence-electron chi connectivity index (χ1n) is 13.5. The highest BCUT2D eigenvalue weighted by Gasteiger charge is 2.26. The number of benzene rings is 3. The second-order valence-corrected chi connectivity index (χ2v) is 11.0. The molecule has 188 valence electrons. The summed E-state index contributed by atoms with van der Waals surface area (Å²) in [5.41, 5.74) is 8.13. The van der Waals surface area contributed by atoms with E-state index in [0.717, 1.165) is 66.7 Å². The van der Waals surface area contributed by atoms with E-state index < -0.39 is 0 Å². The van der Waals surface area contributed by atoms with Crippen molar-refractivity contribution in [2.45, 2.75) is 32.7 Å². The fourth-order valence-electron chi connectivity index (χ4n) is 5.64. The van der Waals surface area contributed by atoms with Crippen LogP contribution in [0.25, 0.3) is 44.5 Å². The van der Waals surface area contributed by atoms with Crippen LogP contribution in [0.3, 0.4) is 0 Å². The number of aromatic nitrogens is 4. The SMILES string of the molecule is Cc1ccc2c(c1)nc(-c1ccc(-c3ccc4cn[nH]c4c3)cc1)n2CC1CCN(COCC2CC2)C1. The molecule has 0 spiro atoms. The number of nitrogens with zero attached hydrogens (tertiary/aromatic N) is 4. The lowest BCUT2D eigenvalue weighted by Crippen LogP contribution is -2.25. The van der Waals surface area contributed by atoms with Gasteiger partial charge in [0.05, 0.1) is 36.1 Å². The van der Waals surface area contributed by atoms with Crippen molar-refractivity contribution >= 4 is 21.9 Å². The first-order valence-corrected chi connectivity index (χ1v) is 13.5. The van der Waals surface area contributed by atoms with Crippen molar-refractivity contribution in [3.63, 3.8) is 0 Å². The van der Waals surface area contributed by atoms with E-state index in [2.05, 4.69) is 87.3 Å². The fourth-order valence-corrected chi connectivity index (χ4v) is 5.64. The fraction of sp³-hybridized carbons (Fsp3) is 0.355. The quantitative estimate of drug-likeness (QED) is 0.278. The Balaban J connectivity index is 1.15. The van der Waals surface area contributed by atoms with E-state index in [0.29, 0.717) is 5.92 Å². The molecule has 5 aromatic rings. The van der Waals surface area contributed by atoms with Crippen molar-refractivity contribution in [2.75, 3.05) is 26.4 Å². The van der Waals surface area contributed by atoms with Gasteiger partial charge in [0.15, 0.2) is 0 Å². The summed E-state index contributed by atoms with van der Waals surface area (Å²) in [5.74, 6) is 2.48. The summed E-state index contributed by atoms with van der Waals surface area (Å²) < 4.78 is 8.41. The number of likely N-dealkylation sites (tertiary alicyclic amines) is 1. The molecule has 1 saturated carbocycles. The molecule has 3 heterocycles. The maximum atomic E-state index is 5.97. The minimum atomic E-state index is 0.599. The van der Waals surface area contributed by atoms with Crippen LogP contribution in [-0.4, -0.2) is 51.1 Å². The first-order chi connectivity index (χ1) is 18.2. The number of hydrogen-bond donors (Lipinski definition) is 1. The molecule has 2 fully saturated rings. The maximum Gasteiger partial charge on any atom is 0.141 e. The van der Waals surface area contributed by atoms with E-state index in [4.69, 9.17) is 9.72 Å². The molecule has 6 heteroatoms. The van der Waals surface area contributed by atoms with Gasteiger partial charge in [-0.1, -0.05) is 42.5 Å². The Hall–Kier alpha value is -3.48. The van der Waals surface area contributed by atoms with Crippen LogP contribution in [0.5, 0.6) is 0 Å². The Kier molecular flexibility index (Phi) is 5.79. The number of H-pyrrole nitrogens is 1. The van der Waals surface area contributed by atoms with E-state index >= 15 is 0 Å². The van der Waals surface area contributed by atoms with Crippen LogP contribution in [0.4, 0.5) is 0 Å². The molecule has 0 radical (unpaired) electrons. The Morgan fingerprint density at radius 3 is 2.62 bits per heavy atom. The molecule has 1 aliphatic carbocycles. The molecule has 1 aliphatic heterocycles. The largest absolute Gasteiger partial charge is 0.366 e. The van der Waals surface area contributed by atoms with Gasteiger partial charge in [-0.15, -0.1) is 0 Å². The lowest BCUT2D eigenvalue weighted by molar-refractivity contribution is 0.0336. The van der Waals surface area contributed by atoms with Crippen LogP contribution in [0.1, 0.15) is 24.8 Å². The van der Waals surface area contributed by atoms with Gasteiger partial charge >= 0.3 is 0 Å². The predicted octanol–water partition coefficient (Wildman–Crippen LogP) is 6.26. The highest BCUT2D eigenvalue weighted by Crippen LogP contribution is 2.32. The van der Waals surface area contributed by atoms with Crippen molar-refractivity contribution in [1.82, 2.24) is 24.6 Å². The van der Waals surface area contributed by atoms with E-state index in [9.17, 15) is 0 Å². The van der Waals surface area contributed by atoms with Crippen molar-refractivity contribution in [3.8, 4) is 22.5 Å². The van der Waals surface area contributed by atoms with Gasteiger partial charge in [0, 0.05) is 30.6 Å². The van der Waals surface area contributed by atoms with Crippen LogP contribution in [0, 0.1) is 18.8 Å². The molecule has 1 N–H and O–H groups in total. The number of aryl methyl sites for hydroxylation is 1. The molecule has 6 nitrogen and oxygen atoms in total. The Bertz CT molecular complexity index is 1550. The summed E-state index contributed by atoms with van der Waals surface area (Å²) >= 11 is 0. The third-order valence-electron chi connectivity index (χ3n) is 7.96. The number of hydrogen-bond acceptors (Lipinski definition) is 4. The predicted molar refractivity (Wildman–Crippen MR) is 148 cm³/mol. The van der Waals surface area contributed by atoms with Gasteiger partial charge in [0.25, 0.3) is 0 Å². The highest BCUT2D eigenvalue weighted by molar-refractivity contribution is 5.85. The van der Waals surface area contributed by atoms with Gasteiger partial charge in [-0.3, -0.25) is 10.00 Å². The molecule has 0 amide bonds. The standard InChI is InChI=1S/C31H33N5O/c1-21-2-11-30-29(14-21)33-31(36(30)18-23-12-13-35(17-23)20-37-19-22-3-4-22)25-7-5-24(6-8-25)26-9-10-27-16-32-34-28(27)15-26/h2,5-11,14-16,22-23H,3-4,12-13,17-20H2,1H3,(H,32,34). The van der Waals surface area contributed by atoms with Crippen LogP contribution < -0.4 is 0 Å². The molecule has 7 rings (SSSR count). The Labute approximate surface area is 217 Å². The van der Waals surface area contributed by atoms with Crippen molar-refractivity contribution in [3.05, 3.63) is 72.4 Å². The number of fused-ring (bicyclic) bond motifs is 2. The number of imidazole rings is 1. The Morgan fingerprint density at radius 1 is 0.919 bits per heavy atom. The van der Waals surface area contributed by atoms with Gasteiger partial charge in [-0.25, -0.2) is 4.98 Å². The van der Waals surface area contributed by atoms with Crippen LogP contribution in [0.15, 0.2) is 66.9 Å². The summed E-state index contributed by atoms with van der Waals surface area (Å²) in [6, 6.07) is 21.9. The molecule has 2 aliphatic rings. The molecule has 1 atom stereocenters. The van der Waals surface area contributed by atoms with E-state index in [1.54, 1.807) is 0 Å². The molecule has 0 bridgehead atoms. The average Bonchev–Trinajstić information content (AvgIpc) is 3.29. The lowest BCUT2D eigenvalue weighted by atomic mass is 10.0. The number of rotatable bonds is 8. The summed E-state index contributed by atoms with van der Waals surface area (Å²) in [5, 5.41) is 8.36. The number of nitrogens with one attached hydrogen (secondary N) is 1. The number of ether oxygens (including phenoxy) is 1. The summed E-state index contributed by atoms with van der Waals surface area (Å²) in [6.45, 7) is 7.03. The monoisotopic (exact) mass is 491 g/mol. The first kappa shape index (κ1) is 22.7. The van der Waals surface area contributed by atoms with E-state index in [-0.39, 0.29) is 0 Å². The zero-order chi connectivity index (χ0) is 24.8. The topological polar surface area (TPSA) is 59.0 Å². The molecule has 1 saturated heterocycles. The zero-order valence-corrected chi connectivity index (χ0v) is 21.4. The molecule has 37 heavy (non-hydrogen) atoms. The molecule has 3 aromatic carbocycles. The minimum absolute atomic E-state index is 0.599. The average molecular weight is 492 g/mol. The lowest BCUT2D eigenvalue weighted by Gasteiger charge is -2.18. The smallest absolute Gasteiger partial charge is 0.141 e. The normalized spacial score (nSPS) is 18.4. The summed E-state index contributed by atoms with van der Waals surface area (Å²) in [6.07, 6.45) is 5.75.